The second-order valence-electron chi connectivity index (χ2n) is 16.1. The summed E-state index contributed by atoms with van der Waals surface area (Å²) in [5.41, 5.74) is 9.83. The molecule has 4 heterocycles. The zero-order chi connectivity index (χ0) is 42.9. The van der Waals surface area contributed by atoms with E-state index >= 15 is 0 Å². The molecule has 1 aliphatic heterocycles. The Morgan fingerprint density at radius 3 is 1.40 bits per heavy atom. The Balaban J connectivity index is 1.32. The van der Waals surface area contributed by atoms with Gasteiger partial charge in [0.2, 0.25) is 0 Å². The van der Waals surface area contributed by atoms with Gasteiger partial charge < -0.3 is 13.7 Å². The summed E-state index contributed by atoms with van der Waals surface area (Å²) in [6.07, 6.45) is 0. The van der Waals surface area contributed by atoms with E-state index in [9.17, 15) is 0 Å². The lowest BCUT2D eigenvalue weighted by Crippen LogP contribution is -2.61. The molecule has 8 aromatic carbocycles. The molecule has 12 rings (SSSR count). The van der Waals surface area contributed by atoms with Gasteiger partial charge in [-0.05, 0) is 47.2 Å². The normalized spacial score (nSPS) is 12.5. The lowest BCUT2D eigenvalue weighted by molar-refractivity contribution is 1.18. The van der Waals surface area contributed by atoms with Crippen LogP contribution in [0.15, 0.2) is 91.0 Å². The van der Waals surface area contributed by atoms with Gasteiger partial charge in [-0.1, -0.05) is 104 Å². The molecule has 0 aliphatic carbocycles. The maximum atomic E-state index is 7.60. The molecule has 0 fully saturated rings. The Hall–Kier alpha value is -5.74. The van der Waals surface area contributed by atoms with E-state index in [1.165, 1.54) is 0 Å². The number of aromatic nitrogens is 3. The van der Waals surface area contributed by atoms with Gasteiger partial charge in [0, 0.05) is 54.9 Å². The molecular weight excluding hydrogens is 735 g/mol. The van der Waals surface area contributed by atoms with Crippen LogP contribution in [0.3, 0.4) is 0 Å². The van der Waals surface area contributed by atoms with Gasteiger partial charge >= 0.3 is 0 Å². The van der Waals surface area contributed by atoms with Crippen molar-refractivity contribution in [2.45, 2.75) is 0 Å². The second-order valence-corrected chi connectivity index (χ2v) is 16.1. The number of fused-ring (bicyclic) bond motifs is 14. The summed E-state index contributed by atoms with van der Waals surface area (Å²) in [6, 6.07) is 31.2. The van der Waals surface area contributed by atoms with Crippen LogP contribution in [0.2, 0.25) is 0 Å². The van der Waals surface area contributed by atoms with Gasteiger partial charge in [0.25, 0.3) is 0 Å². The van der Waals surface area contributed by atoms with Crippen LogP contribution in [-0.2, 0) is 0 Å². The number of benzene rings is 8. The Kier molecular flexibility index (Phi) is 7.91. The van der Waals surface area contributed by atoms with Crippen LogP contribution in [0.5, 0.6) is 0 Å². The fourth-order valence-corrected chi connectivity index (χ4v) is 10.3. The van der Waals surface area contributed by atoms with E-state index in [0.717, 1.165) is 49.3 Å². The summed E-state index contributed by atoms with van der Waals surface area (Å²) in [6.45, 7) is 0. The maximum Gasteiger partial charge on any atom is 0.195 e. The molecule has 0 saturated carbocycles. The van der Waals surface area contributed by atoms with Gasteiger partial charge in [-0.25, -0.2) is 0 Å². The zero-order valence-electron chi connectivity index (χ0n) is 33.0. The highest BCUT2D eigenvalue weighted by Gasteiger charge is 2.33. The lowest BCUT2D eigenvalue weighted by atomic mass is 9.50. The molecule has 0 bridgehead atoms. The van der Waals surface area contributed by atoms with Crippen molar-refractivity contribution in [2.75, 3.05) is 0 Å². The molecule has 16 heteroatoms. The first-order valence-electron chi connectivity index (χ1n) is 19.8. The van der Waals surface area contributed by atoms with Crippen LogP contribution in [-0.4, -0.2) is 115 Å². The highest BCUT2D eigenvalue weighted by Crippen LogP contribution is 2.42. The van der Waals surface area contributed by atoms with Crippen molar-refractivity contribution in [3.05, 3.63) is 91.0 Å². The molecule has 3 nitrogen and oxygen atoms in total. The fourth-order valence-electron chi connectivity index (χ4n) is 10.3. The molecule has 0 spiro atoms. The minimum Gasteiger partial charge on any atom is -0.310 e. The predicted molar refractivity (Wildman–Crippen MR) is 277 cm³/mol. The molecule has 11 aromatic rings. The Labute approximate surface area is 373 Å². The predicted octanol–water partition coefficient (Wildman–Crippen LogP) is -4.37. The third-order valence-electron chi connectivity index (χ3n) is 13.1. The van der Waals surface area contributed by atoms with Crippen LogP contribution in [0.25, 0.3) is 93.3 Å². The van der Waals surface area contributed by atoms with Gasteiger partial charge in [0.15, 0.2) is 7.28 Å². The van der Waals surface area contributed by atoms with Gasteiger partial charge in [0.05, 0.1) is 27.6 Å². The topological polar surface area (TPSA) is 14.8 Å². The number of rotatable bonds is 2. The number of nitrogens with zero attached hydrogens (tertiary/aromatic N) is 3. The monoisotopic (exact) mass is 752 g/mol. The molecule has 0 unspecified atom stereocenters. The Morgan fingerprint density at radius 2 is 0.758 bits per heavy atom. The van der Waals surface area contributed by atoms with Gasteiger partial charge in [-0.15, -0.1) is 27.3 Å². The minimum atomic E-state index is 0.0730. The maximum absolute atomic E-state index is 7.60. The van der Waals surface area contributed by atoms with Crippen LogP contribution in [0, 0.1) is 0 Å². The zero-order valence-corrected chi connectivity index (χ0v) is 33.0. The summed E-state index contributed by atoms with van der Waals surface area (Å²) in [5.74, 6) is 0. The van der Waals surface area contributed by atoms with Crippen molar-refractivity contribution in [1.29, 1.82) is 0 Å². The van der Waals surface area contributed by atoms with E-state index < -0.39 is 0 Å². The number of hydrogen-bond donors (Lipinski definition) is 0. The number of hydrogen-bond acceptors (Lipinski definition) is 0. The average Bonchev–Trinajstić information content (AvgIpc) is 3.93. The van der Waals surface area contributed by atoms with E-state index in [0.29, 0.717) is 65.8 Å². The summed E-state index contributed by atoms with van der Waals surface area (Å²) in [5, 5.41) is 5.89. The summed E-state index contributed by atoms with van der Waals surface area (Å²) in [4.78, 5) is 0. The lowest BCUT2D eigenvalue weighted by Gasteiger charge is -2.31. The molecule has 0 atom stereocenters. The quantitative estimate of drug-likeness (QED) is 0.159. The fraction of sp³-hybridized carbons (Fsp3) is 0. The van der Waals surface area contributed by atoms with Crippen molar-refractivity contribution in [3.8, 4) is 17.1 Å². The largest absolute Gasteiger partial charge is 0.310 e. The average molecular weight is 750 g/mol. The third-order valence-corrected chi connectivity index (χ3v) is 13.1. The second kappa shape index (κ2) is 12.9. The standard InChI is InChI=1S/C46H15B13N3/c47-29-25-26(32(50)35(53)34(52)30(25)48)43-27(31(29)49)28-33(51)45(40(58)42-44(28)62(43)46-39(57)37(55)36(54)38(56)41(46)59-42)61-20-13-7-5-11-18(20)24-22(61)15-14-21-23(24)17-10-4-6-12-19(17)60(21)16-8-2-1-3-9-16/h1-15H. The minimum absolute atomic E-state index is 0.0730. The van der Waals surface area contributed by atoms with Gasteiger partial charge in [0.1, 0.15) is 94.2 Å². The summed E-state index contributed by atoms with van der Waals surface area (Å²) in [7, 11) is 84.4. The van der Waals surface area contributed by atoms with Crippen LogP contribution < -0.4 is 76.5 Å². The molecule has 253 valence electrons. The van der Waals surface area contributed by atoms with Crippen LogP contribution in [0.1, 0.15) is 0 Å². The summed E-state index contributed by atoms with van der Waals surface area (Å²) < 4.78 is 6.28. The van der Waals surface area contributed by atoms with Gasteiger partial charge in [-0.3, -0.25) is 0 Å². The van der Waals surface area contributed by atoms with Crippen LogP contribution >= 0.6 is 0 Å². The van der Waals surface area contributed by atoms with Crippen molar-refractivity contribution in [1.82, 2.24) is 13.7 Å². The molecule has 0 saturated heterocycles. The molecule has 25 radical (unpaired) electrons. The molecule has 1 aliphatic rings. The first-order chi connectivity index (χ1) is 29.8. The molecule has 62 heavy (non-hydrogen) atoms. The van der Waals surface area contributed by atoms with E-state index in [-0.39, 0.29) is 54.6 Å². The van der Waals surface area contributed by atoms with Crippen LogP contribution in [0.4, 0.5) is 0 Å². The van der Waals surface area contributed by atoms with Crippen molar-refractivity contribution in [3.63, 3.8) is 0 Å². The van der Waals surface area contributed by atoms with E-state index in [1.807, 2.05) is 42.2 Å². The first kappa shape index (κ1) is 38.0. The smallest absolute Gasteiger partial charge is 0.195 e. The number of para-hydroxylation sites is 3. The van der Waals surface area contributed by atoms with E-state index in [1.54, 1.807) is 0 Å². The van der Waals surface area contributed by atoms with E-state index in [4.69, 9.17) is 94.2 Å². The molecule has 0 N–H and O–H groups in total. The van der Waals surface area contributed by atoms with Gasteiger partial charge in [-0.2, -0.15) is 0 Å². The molecular formula is C46H15B13N3. The highest BCUT2D eigenvalue weighted by molar-refractivity contribution is 6.83. The SMILES string of the molecule is [B]c1c([B])c([B])c2c(c1[B])[B]c1c([B])c(-n3c4ccccc4c4c5c6ccccc6n(-c6ccccc6)c5ccc43)c([B])c3c4c([B])c([B])c5c([B])c([B])c([B])c([B])c5c4n-2c13. The Bertz CT molecular complexity index is 3920. The third kappa shape index (κ3) is 4.49. The van der Waals surface area contributed by atoms with E-state index in [2.05, 4.69) is 69.8 Å². The Morgan fingerprint density at radius 1 is 0.290 bits per heavy atom. The van der Waals surface area contributed by atoms with Crippen molar-refractivity contribution in [2.24, 2.45) is 0 Å². The highest BCUT2D eigenvalue weighted by atomic mass is 15.0. The van der Waals surface area contributed by atoms with Crippen molar-refractivity contribution < 1.29 is 0 Å². The first-order valence-corrected chi connectivity index (χ1v) is 19.8. The molecule has 0 amide bonds. The summed E-state index contributed by atoms with van der Waals surface area (Å²) >= 11 is 0. The van der Waals surface area contributed by atoms with Crippen molar-refractivity contribution >= 4 is 254 Å². The molecule has 3 aromatic heterocycles.